The second-order valence-corrected chi connectivity index (χ2v) is 5.42. The van der Waals surface area contributed by atoms with E-state index in [1.54, 1.807) is 17.7 Å². The van der Waals surface area contributed by atoms with Crippen LogP contribution in [0.4, 0.5) is 0 Å². The summed E-state index contributed by atoms with van der Waals surface area (Å²) in [5.74, 6) is 0.473. The molecule has 0 atom stereocenters. The zero-order chi connectivity index (χ0) is 15.4. The number of H-pyrrole nitrogens is 1. The van der Waals surface area contributed by atoms with Gasteiger partial charge in [0.25, 0.3) is 16.3 Å². The number of ether oxygens (including phenoxy) is 1. The average Bonchev–Trinajstić information content (AvgIpc) is 2.86. The minimum Gasteiger partial charge on any atom is -0.409 e. The largest absolute Gasteiger partial charge is 0.409 e. The smallest absolute Gasteiger partial charge is 0.284 e. The predicted octanol–water partition coefficient (Wildman–Crippen LogP) is 2.72. The van der Waals surface area contributed by atoms with Gasteiger partial charge in [0.2, 0.25) is 0 Å². The average molecular weight is 309 g/mol. The van der Waals surface area contributed by atoms with E-state index in [9.17, 15) is 4.79 Å². The standard InChI is InChI=1S/C14H19N3O3S/c1-9(2)11-6-5-10(12-15-16-14(21)20-12)13(18)17(11)7-4-8-19-3/h5-6,9H,4,7-8H2,1-3H3,(H,16,21). The van der Waals surface area contributed by atoms with Gasteiger partial charge in [-0.1, -0.05) is 13.8 Å². The molecule has 21 heavy (non-hydrogen) atoms. The first-order valence-corrected chi connectivity index (χ1v) is 7.24. The summed E-state index contributed by atoms with van der Waals surface area (Å²) in [4.78, 5) is 12.8. The first-order valence-electron chi connectivity index (χ1n) is 6.83. The lowest BCUT2D eigenvalue weighted by atomic mass is 10.1. The van der Waals surface area contributed by atoms with Gasteiger partial charge in [-0.15, -0.1) is 5.10 Å². The second-order valence-electron chi connectivity index (χ2n) is 5.05. The molecule has 1 N–H and O–H groups in total. The Kier molecular flexibility index (Phi) is 5.08. The SMILES string of the molecule is COCCCn1c(C(C)C)ccc(-c2n[nH]c(=S)o2)c1=O. The molecule has 0 bridgehead atoms. The fourth-order valence-corrected chi connectivity index (χ4v) is 2.33. The summed E-state index contributed by atoms with van der Waals surface area (Å²) in [5.41, 5.74) is 1.26. The Morgan fingerprint density at radius 3 is 2.81 bits per heavy atom. The van der Waals surface area contributed by atoms with Crippen LogP contribution in [0, 0.1) is 4.84 Å². The van der Waals surface area contributed by atoms with Crippen molar-refractivity contribution in [1.29, 1.82) is 0 Å². The van der Waals surface area contributed by atoms with Gasteiger partial charge in [0, 0.05) is 26.0 Å². The summed E-state index contributed by atoms with van der Waals surface area (Å²) in [6.07, 6.45) is 0.767. The molecule has 7 heteroatoms. The third kappa shape index (κ3) is 3.48. The van der Waals surface area contributed by atoms with Gasteiger partial charge in [0.15, 0.2) is 0 Å². The highest BCUT2D eigenvalue weighted by Crippen LogP contribution is 2.18. The molecular formula is C14H19N3O3S. The fourth-order valence-electron chi connectivity index (χ4n) is 2.20. The quantitative estimate of drug-likeness (QED) is 0.656. The molecule has 0 aromatic carbocycles. The van der Waals surface area contributed by atoms with E-state index in [1.807, 2.05) is 6.07 Å². The number of pyridine rings is 1. The van der Waals surface area contributed by atoms with Crippen molar-refractivity contribution in [3.05, 3.63) is 33.0 Å². The molecule has 0 aliphatic rings. The molecule has 0 saturated heterocycles. The van der Waals surface area contributed by atoms with Crippen LogP contribution < -0.4 is 5.56 Å². The lowest BCUT2D eigenvalue weighted by Crippen LogP contribution is -2.26. The van der Waals surface area contributed by atoms with E-state index in [4.69, 9.17) is 21.4 Å². The van der Waals surface area contributed by atoms with E-state index in [0.717, 1.165) is 12.1 Å². The Morgan fingerprint density at radius 1 is 1.48 bits per heavy atom. The Morgan fingerprint density at radius 2 is 2.24 bits per heavy atom. The molecule has 6 nitrogen and oxygen atoms in total. The van der Waals surface area contributed by atoms with Crippen molar-refractivity contribution in [3.8, 4) is 11.5 Å². The summed E-state index contributed by atoms with van der Waals surface area (Å²) >= 11 is 4.85. The molecule has 0 spiro atoms. The summed E-state index contributed by atoms with van der Waals surface area (Å²) in [6, 6.07) is 3.67. The first kappa shape index (κ1) is 15.7. The number of aromatic amines is 1. The molecule has 2 heterocycles. The highest BCUT2D eigenvalue weighted by atomic mass is 32.1. The van der Waals surface area contributed by atoms with Crippen LogP contribution in [0.2, 0.25) is 0 Å². The summed E-state index contributed by atoms with van der Waals surface area (Å²) < 4.78 is 12.1. The fraction of sp³-hybridized carbons (Fsp3) is 0.500. The van der Waals surface area contributed by atoms with Crippen molar-refractivity contribution < 1.29 is 9.15 Å². The number of rotatable bonds is 6. The van der Waals surface area contributed by atoms with Crippen LogP contribution in [-0.4, -0.2) is 28.5 Å². The molecule has 0 radical (unpaired) electrons. The number of hydrogen-bond acceptors (Lipinski definition) is 5. The minimum absolute atomic E-state index is 0.123. The van der Waals surface area contributed by atoms with Gasteiger partial charge in [-0.05, 0) is 36.7 Å². The van der Waals surface area contributed by atoms with Crippen LogP contribution >= 0.6 is 12.2 Å². The highest BCUT2D eigenvalue weighted by Gasteiger charge is 2.15. The maximum Gasteiger partial charge on any atom is 0.284 e. The molecule has 0 fully saturated rings. The topological polar surface area (TPSA) is 73.1 Å². The Bertz CT molecular complexity index is 715. The molecule has 0 aliphatic carbocycles. The molecule has 0 unspecified atom stereocenters. The first-order chi connectivity index (χ1) is 10.0. The Labute approximate surface area is 127 Å². The maximum atomic E-state index is 12.7. The van der Waals surface area contributed by atoms with Crippen LogP contribution in [0.1, 0.15) is 31.9 Å². The number of methoxy groups -OCH3 is 1. The van der Waals surface area contributed by atoms with Gasteiger partial charge < -0.3 is 13.7 Å². The lowest BCUT2D eigenvalue weighted by molar-refractivity contribution is 0.189. The molecular weight excluding hydrogens is 290 g/mol. The van der Waals surface area contributed by atoms with E-state index < -0.39 is 0 Å². The summed E-state index contributed by atoms with van der Waals surface area (Å²) in [6.45, 7) is 5.32. The zero-order valence-electron chi connectivity index (χ0n) is 12.4. The molecule has 114 valence electrons. The Hall–Kier alpha value is -1.73. The van der Waals surface area contributed by atoms with Gasteiger partial charge >= 0.3 is 0 Å². The van der Waals surface area contributed by atoms with Gasteiger partial charge in [0.1, 0.15) is 5.56 Å². The highest BCUT2D eigenvalue weighted by molar-refractivity contribution is 7.71. The van der Waals surface area contributed by atoms with Crippen molar-refractivity contribution in [2.45, 2.75) is 32.7 Å². The number of nitrogens with one attached hydrogen (secondary N) is 1. The lowest BCUT2D eigenvalue weighted by Gasteiger charge is -2.16. The van der Waals surface area contributed by atoms with Crippen LogP contribution in [0.5, 0.6) is 0 Å². The second kappa shape index (κ2) is 6.82. The van der Waals surface area contributed by atoms with Crippen LogP contribution in [0.15, 0.2) is 21.3 Å². The normalized spacial score (nSPS) is 11.2. The Balaban J connectivity index is 2.48. The van der Waals surface area contributed by atoms with Crippen molar-refractivity contribution >= 4 is 12.2 Å². The van der Waals surface area contributed by atoms with Crippen LogP contribution in [0.3, 0.4) is 0 Å². The molecule has 2 aromatic heterocycles. The van der Waals surface area contributed by atoms with Crippen LogP contribution in [-0.2, 0) is 11.3 Å². The molecule has 0 aliphatic heterocycles. The predicted molar refractivity (Wildman–Crippen MR) is 82.0 cm³/mol. The number of nitrogens with zero attached hydrogens (tertiary/aromatic N) is 2. The molecule has 2 rings (SSSR count). The molecule has 0 saturated carbocycles. The van der Waals surface area contributed by atoms with Crippen molar-refractivity contribution in [2.75, 3.05) is 13.7 Å². The third-order valence-corrected chi connectivity index (χ3v) is 3.37. The van der Waals surface area contributed by atoms with Gasteiger partial charge in [-0.2, -0.15) is 0 Å². The van der Waals surface area contributed by atoms with E-state index in [-0.39, 0.29) is 22.2 Å². The van der Waals surface area contributed by atoms with E-state index in [2.05, 4.69) is 24.0 Å². The molecule has 2 aromatic rings. The van der Waals surface area contributed by atoms with E-state index in [0.29, 0.717) is 18.7 Å². The van der Waals surface area contributed by atoms with Gasteiger partial charge in [-0.25, -0.2) is 5.10 Å². The zero-order valence-corrected chi connectivity index (χ0v) is 13.2. The van der Waals surface area contributed by atoms with Gasteiger partial charge in [-0.3, -0.25) is 4.79 Å². The van der Waals surface area contributed by atoms with Crippen molar-refractivity contribution in [3.63, 3.8) is 0 Å². The number of aromatic nitrogens is 3. The van der Waals surface area contributed by atoms with E-state index in [1.165, 1.54) is 0 Å². The van der Waals surface area contributed by atoms with Gasteiger partial charge in [0.05, 0.1) is 0 Å². The van der Waals surface area contributed by atoms with Crippen LogP contribution in [0.25, 0.3) is 11.5 Å². The third-order valence-electron chi connectivity index (χ3n) is 3.20. The molecule has 0 amide bonds. The minimum atomic E-state index is -0.123. The summed E-state index contributed by atoms with van der Waals surface area (Å²) in [5, 5.41) is 6.46. The number of hydrogen-bond donors (Lipinski definition) is 1. The van der Waals surface area contributed by atoms with Crippen molar-refractivity contribution in [1.82, 2.24) is 14.8 Å². The van der Waals surface area contributed by atoms with Crippen molar-refractivity contribution in [2.24, 2.45) is 0 Å². The maximum absolute atomic E-state index is 12.7. The van der Waals surface area contributed by atoms with E-state index >= 15 is 0 Å². The summed E-state index contributed by atoms with van der Waals surface area (Å²) in [7, 11) is 1.65. The monoisotopic (exact) mass is 309 g/mol.